The average molecular weight is 386 g/mol. The highest BCUT2D eigenvalue weighted by Crippen LogP contribution is 2.30. The number of benzene rings is 2. The number of thiophene rings is 1. The number of anilines is 1. The molecular weight excluding hydrogens is 376 g/mol. The third-order valence-electron chi connectivity index (χ3n) is 3.65. The van der Waals surface area contributed by atoms with Crippen LogP contribution in [-0.4, -0.2) is 21.7 Å². The fourth-order valence-electron chi connectivity index (χ4n) is 2.42. The van der Waals surface area contributed by atoms with Crippen LogP contribution in [0, 0.1) is 20.2 Å². The maximum absolute atomic E-state index is 12.4. The first-order valence-corrected chi connectivity index (χ1v) is 8.15. The normalized spacial score (nSPS) is 10.5. The predicted molar refractivity (Wildman–Crippen MR) is 98.0 cm³/mol. The number of primary amides is 1. The molecule has 3 aromatic rings. The topological polar surface area (TPSA) is 158 Å². The van der Waals surface area contributed by atoms with Crippen molar-refractivity contribution in [2.45, 2.75) is 0 Å². The van der Waals surface area contributed by atoms with E-state index < -0.39 is 27.3 Å². The number of hydrogen-bond acceptors (Lipinski definition) is 7. The molecule has 0 atom stereocenters. The van der Waals surface area contributed by atoms with Crippen molar-refractivity contribution < 1.29 is 19.4 Å². The molecule has 0 fully saturated rings. The van der Waals surface area contributed by atoms with E-state index in [1.54, 1.807) is 6.07 Å². The van der Waals surface area contributed by atoms with Crippen LogP contribution in [0.1, 0.15) is 20.0 Å². The van der Waals surface area contributed by atoms with Gasteiger partial charge in [0, 0.05) is 34.0 Å². The number of rotatable bonds is 5. The molecule has 3 N–H and O–H groups in total. The predicted octanol–water partition coefficient (Wildman–Crippen LogP) is 3.07. The number of hydrogen-bond donors (Lipinski definition) is 2. The van der Waals surface area contributed by atoms with Crippen LogP contribution in [-0.2, 0) is 0 Å². The first-order chi connectivity index (χ1) is 12.8. The monoisotopic (exact) mass is 386 g/mol. The molecule has 0 aliphatic heterocycles. The molecule has 11 heteroatoms. The standard InChI is InChI=1S/C16H10N4O6S/c17-15(21)11-7-9(1-3-12(11)20(25)26)18-16(22)14-6-8-5-10(19(23)24)2-4-13(8)27-14/h1-7H,(H2,17,21)(H,18,22). The van der Waals surface area contributed by atoms with Gasteiger partial charge in [-0.25, -0.2) is 0 Å². The number of nitro benzene ring substituents is 2. The van der Waals surface area contributed by atoms with Crippen LogP contribution >= 0.6 is 11.3 Å². The highest BCUT2D eigenvalue weighted by Gasteiger charge is 2.20. The first-order valence-electron chi connectivity index (χ1n) is 7.34. The van der Waals surface area contributed by atoms with E-state index in [9.17, 15) is 29.8 Å². The summed E-state index contributed by atoms with van der Waals surface area (Å²) in [4.78, 5) is 44.6. The Balaban J connectivity index is 1.90. The van der Waals surface area contributed by atoms with Gasteiger partial charge < -0.3 is 11.1 Å². The van der Waals surface area contributed by atoms with Gasteiger partial charge in [-0.05, 0) is 24.3 Å². The summed E-state index contributed by atoms with van der Waals surface area (Å²) >= 11 is 1.13. The second-order valence-corrected chi connectivity index (χ2v) is 6.48. The number of nitrogens with two attached hydrogens (primary N) is 1. The lowest BCUT2D eigenvalue weighted by molar-refractivity contribution is -0.385. The highest BCUT2D eigenvalue weighted by molar-refractivity contribution is 7.20. The molecule has 0 spiro atoms. The van der Waals surface area contributed by atoms with Gasteiger partial charge in [-0.15, -0.1) is 11.3 Å². The molecule has 10 nitrogen and oxygen atoms in total. The molecule has 2 amide bonds. The van der Waals surface area contributed by atoms with Gasteiger partial charge in [0.25, 0.3) is 23.2 Å². The third-order valence-corrected chi connectivity index (χ3v) is 4.77. The van der Waals surface area contributed by atoms with E-state index in [4.69, 9.17) is 5.73 Å². The number of carbonyl (C=O) groups is 2. The second-order valence-electron chi connectivity index (χ2n) is 5.40. The summed E-state index contributed by atoms with van der Waals surface area (Å²) < 4.78 is 0.687. The molecule has 136 valence electrons. The van der Waals surface area contributed by atoms with E-state index in [2.05, 4.69) is 5.32 Å². The van der Waals surface area contributed by atoms with Gasteiger partial charge in [0.15, 0.2) is 0 Å². The van der Waals surface area contributed by atoms with Crippen molar-refractivity contribution in [2.75, 3.05) is 5.32 Å². The third kappa shape index (κ3) is 3.57. The largest absolute Gasteiger partial charge is 0.365 e. The van der Waals surface area contributed by atoms with Gasteiger partial charge in [-0.2, -0.15) is 0 Å². The smallest absolute Gasteiger partial charge is 0.282 e. The number of nitro groups is 2. The van der Waals surface area contributed by atoms with Crippen molar-refractivity contribution >= 4 is 50.3 Å². The minimum absolute atomic E-state index is 0.0891. The minimum atomic E-state index is -0.994. The van der Waals surface area contributed by atoms with Crippen LogP contribution in [0.2, 0.25) is 0 Å². The SMILES string of the molecule is NC(=O)c1cc(NC(=O)c2cc3cc([N+](=O)[O-])ccc3s2)ccc1[N+](=O)[O-]. The summed E-state index contributed by atoms with van der Waals surface area (Å²) in [5, 5.41) is 24.8. The number of fused-ring (bicyclic) bond motifs is 1. The van der Waals surface area contributed by atoms with E-state index in [1.165, 1.54) is 24.3 Å². The zero-order valence-corrected chi connectivity index (χ0v) is 14.2. The highest BCUT2D eigenvalue weighted by atomic mass is 32.1. The fraction of sp³-hybridized carbons (Fsp3) is 0. The molecule has 0 radical (unpaired) electrons. The van der Waals surface area contributed by atoms with Crippen molar-refractivity contribution in [1.29, 1.82) is 0 Å². The summed E-state index contributed by atoms with van der Waals surface area (Å²) in [6.45, 7) is 0. The van der Waals surface area contributed by atoms with E-state index in [-0.39, 0.29) is 21.8 Å². The molecule has 0 saturated heterocycles. The molecule has 3 rings (SSSR count). The number of amides is 2. The van der Waals surface area contributed by atoms with Gasteiger partial charge >= 0.3 is 0 Å². The van der Waals surface area contributed by atoms with Crippen molar-refractivity contribution in [2.24, 2.45) is 5.73 Å². The van der Waals surface area contributed by atoms with Gasteiger partial charge in [0.1, 0.15) is 5.56 Å². The van der Waals surface area contributed by atoms with Gasteiger partial charge in [-0.1, -0.05) is 0 Å². The Labute approximate surface area is 154 Å². The maximum atomic E-state index is 12.4. The Morgan fingerprint density at radius 2 is 1.74 bits per heavy atom. The van der Waals surface area contributed by atoms with Crippen molar-refractivity contribution in [3.63, 3.8) is 0 Å². The summed E-state index contributed by atoms with van der Waals surface area (Å²) in [5.41, 5.74) is 4.42. The van der Waals surface area contributed by atoms with Crippen LogP contribution in [0.5, 0.6) is 0 Å². The summed E-state index contributed by atoms with van der Waals surface area (Å²) in [6.07, 6.45) is 0. The molecule has 0 saturated carbocycles. The Hall–Kier alpha value is -3.86. The first kappa shape index (κ1) is 17.9. The maximum Gasteiger partial charge on any atom is 0.282 e. The van der Waals surface area contributed by atoms with Crippen molar-refractivity contribution in [1.82, 2.24) is 0 Å². The number of nitrogens with zero attached hydrogens (tertiary/aromatic N) is 2. The number of non-ortho nitro benzene ring substituents is 1. The van der Waals surface area contributed by atoms with E-state index >= 15 is 0 Å². The fourth-order valence-corrected chi connectivity index (χ4v) is 3.36. The van der Waals surface area contributed by atoms with Crippen molar-refractivity contribution in [3.05, 3.63) is 73.1 Å². The van der Waals surface area contributed by atoms with E-state index in [0.29, 0.717) is 10.1 Å². The molecule has 0 bridgehead atoms. The second kappa shape index (κ2) is 6.80. The molecule has 1 heterocycles. The Kier molecular flexibility index (Phi) is 4.52. The van der Waals surface area contributed by atoms with E-state index in [1.807, 2.05) is 0 Å². The van der Waals surface area contributed by atoms with Crippen LogP contribution in [0.3, 0.4) is 0 Å². The summed E-state index contributed by atoms with van der Waals surface area (Å²) in [5.74, 6) is -1.52. The molecular formula is C16H10N4O6S. The van der Waals surface area contributed by atoms with E-state index in [0.717, 1.165) is 23.5 Å². The quantitative estimate of drug-likeness (QED) is 0.506. The molecule has 1 aromatic heterocycles. The molecule has 0 aliphatic carbocycles. The van der Waals surface area contributed by atoms with Gasteiger partial charge in [0.05, 0.1) is 14.7 Å². The number of nitrogens with one attached hydrogen (secondary N) is 1. The lowest BCUT2D eigenvalue weighted by atomic mass is 10.1. The zero-order chi connectivity index (χ0) is 19.7. The van der Waals surface area contributed by atoms with Gasteiger partial charge in [0.2, 0.25) is 0 Å². The van der Waals surface area contributed by atoms with Crippen LogP contribution in [0.15, 0.2) is 42.5 Å². The van der Waals surface area contributed by atoms with Crippen LogP contribution in [0.25, 0.3) is 10.1 Å². The Morgan fingerprint density at radius 1 is 1.00 bits per heavy atom. The average Bonchev–Trinajstić information content (AvgIpc) is 3.04. The summed E-state index contributed by atoms with van der Waals surface area (Å²) in [7, 11) is 0. The number of carbonyl (C=O) groups excluding carboxylic acids is 2. The Morgan fingerprint density at radius 3 is 2.37 bits per heavy atom. The molecule has 27 heavy (non-hydrogen) atoms. The van der Waals surface area contributed by atoms with Crippen LogP contribution < -0.4 is 11.1 Å². The Bertz CT molecular complexity index is 1120. The lowest BCUT2D eigenvalue weighted by Crippen LogP contribution is -2.15. The van der Waals surface area contributed by atoms with Crippen molar-refractivity contribution in [3.8, 4) is 0 Å². The molecule has 0 aliphatic rings. The van der Waals surface area contributed by atoms with Gasteiger partial charge in [-0.3, -0.25) is 29.8 Å². The molecule has 2 aromatic carbocycles. The summed E-state index contributed by atoms with van der Waals surface area (Å²) in [6, 6.07) is 9.23. The minimum Gasteiger partial charge on any atom is -0.365 e. The molecule has 0 unspecified atom stereocenters. The van der Waals surface area contributed by atoms with Crippen LogP contribution in [0.4, 0.5) is 17.1 Å². The lowest BCUT2D eigenvalue weighted by Gasteiger charge is -2.05. The zero-order valence-electron chi connectivity index (χ0n) is 13.4.